The van der Waals surface area contributed by atoms with Crippen LogP contribution in [0.3, 0.4) is 0 Å². The van der Waals surface area contributed by atoms with Crippen molar-refractivity contribution in [3.63, 3.8) is 0 Å². The highest BCUT2D eigenvalue weighted by Crippen LogP contribution is 2.36. The van der Waals surface area contributed by atoms with Crippen molar-refractivity contribution in [2.75, 3.05) is 13.6 Å². The number of carbonyl (C=O) groups is 1. The van der Waals surface area contributed by atoms with E-state index < -0.39 is 0 Å². The molecular weight excluding hydrogens is 236 g/mol. The molecule has 2 fully saturated rings. The first-order chi connectivity index (χ1) is 9.24. The summed E-state index contributed by atoms with van der Waals surface area (Å²) in [6, 6.07) is 11.0. The summed E-state index contributed by atoms with van der Waals surface area (Å²) in [5.41, 5.74) is 0.762. The molecule has 0 saturated carbocycles. The number of rotatable bonds is 3. The Kier molecular flexibility index (Phi) is 3.56. The van der Waals surface area contributed by atoms with Crippen molar-refractivity contribution in [3.05, 3.63) is 35.9 Å². The second-order valence-electron chi connectivity index (χ2n) is 5.96. The van der Waals surface area contributed by atoms with E-state index in [4.69, 9.17) is 0 Å². The van der Waals surface area contributed by atoms with Crippen LogP contribution in [0.5, 0.6) is 0 Å². The third-order valence-corrected chi connectivity index (χ3v) is 4.78. The average molecular weight is 258 g/mol. The van der Waals surface area contributed by atoms with Crippen molar-refractivity contribution >= 4 is 5.91 Å². The van der Waals surface area contributed by atoms with Gasteiger partial charge in [0.05, 0.1) is 0 Å². The van der Waals surface area contributed by atoms with Crippen molar-refractivity contribution in [1.29, 1.82) is 0 Å². The number of carbonyl (C=O) groups excluding carboxylic acids is 1. The van der Waals surface area contributed by atoms with Gasteiger partial charge in [-0.1, -0.05) is 18.2 Å². The van der Waals surface area contributed by atoms with Crippen molar-refractivity contribution in [2.45, 2.75) is 37.8 Å². The van der Waals surface area contributed by atoms with E-state index in [9.17, 15) is 4.79 Å². The number of amides is 1. The Hall–Kier alpha value is -1.35. The summed E-state index contributed by atoms with van der Waals surface area (Å²) in [5, 5.41) is 3.09. The number of fused-ring (bicyclic) bond motifs is 2. The predicted molar refractivity (Wildman–Crippen MR) is 76.1 cm³/mol. The molecule has 1 aromatic carbocycles. The molecule has 2 aliphatic rings. The van der Waals surface area contributed by atoms with Crippen LogP contribution in [0.25, 0.3) is 0 Å². The van der Waals surface area contributed by atoms with Gasteiger partial charge in [-0.3, -0.25) is 4.79 Å². The quantitative estimate of drug-likeness (QED) is 0.902. The molecule has 3 rings (SSSR count). The Balaban J connectivity index is 1.52. The standard InChI is InChI=1S/C16H22N2O/c1-18-14-7-8-15(18)10-12(9-14)11-17-16(19)13-5-3-2-4-6-13/h2-6,12,14-15H,7-11H2,1H3,(H,17,19). The molecule has 2 bridgehead atoms. The van der Waals surface area contributed by atoms with Crippen LogP contribution in [0.15, 0.2) is 30.3 Å². The Morgan fingerprint density at radius 1 is 1.21 bits per heavy atom. The number of hydrogen-bond acceptors (Lipinski definition) is 2. The van der Waals surface area contributed by atoms with E-state index >= 15 is 0 Å². The van der Waals surface area contributed by atoms with Crippen molar-refractivity contribution < 1.29 is 4.79 Å². The molecule has 0 radical (unpaired) electrons. The first kappa shape index (κ1) is 12.7. The van der Waals surface area contributed by atoms with Gasteiger partial charge in [-0.15, -0.1) is 0 Å². The van der Waals surface area contributed by atoms with Crippen molar-refractivity contribution in [2.24, 2.45) is 5.92 Å². The smallest absolute Gasteiger partial charge is 0.251 e. The molecule has 2 atom stereocenters. The number of nitrogens with zero attached hydrogens (tertiary/aromatic N) is 1. The molecule has 2 saturated heterocycles. The van der Waals surface area contributed by atoms with Gasteiger partial charge >= 0.3 is 0 Å². The highest BCUT2D eigenvalue weighted by atomic mass is 16.1. The zero-order valence-corrected chi connectivity index (χ0v) is 11.5. The van der Waals surface area contributed by atoms with E-state index in [0.29, 0.717) is 5.92 Å². The van der Waals surface area contributed by atoms with Crippen LogP contribution in [-0.2, 0) is 0 Å². The van der Waals surface area contributed by atoms with E-state index in [1.807, 2.05) is 30.3 Å². The van der Waals surface area contributed by atoms with E-state index in [-0.39, 0.29) is 5.91 Å². The molecule has 3 heteroatoms. The fraction of sp³-hybridized carbons (Fsp3) is 0.562. The minimum Gasteiger partial charge on any atom is -0.352 e. The molecule has 1 aromatic rings. The third-order valence-electron chi connectivity index (χ3n) is 4.78. The largest absolute Gasteiger partial charge is 0.352 e. The number of nitrogens with one attached hydrogen (secondary N) is 1. The summed E-state index contributed by atoms with van der Waals surface area (Å²) in [4.78, 5) is 14.5. The van der Waals surface area contributed by atoms with E-state index in [1.54, 1.807) is 0 Å². The Morgan fingerprint density at radius 3 is 2.47 bits per heavy atom. The van der Waals surface area contributed by atoms with Gasteiger partial charge in [-0.2, -0.15) is 0 Å². The summed E-state index contributed by atoms with van der Waals surface area (Å²) in [6.45, 7) is 0.828. The van der Waals surface area contributed by atoms with Crippen molar-refractivity contribution in [3.8, 4) is 0 Å². The van der Waals surface area contributed by atoms with Gasteiger partial charge in [0, 0.05) is 24.2 Å². The van der Waals surface area contributed by atoms with E-state index in [1.165, 1.54) is 25.7 Å². The van der Waals surface area contributed by atoms with Crippen molar-refractivity contribution in [1.82, 2.24) is 10.2 Å². The third kappa shape index (κ3) is 2.66. The molecule has 2 heterocycles. The number of benzene rings is 1. The maximum atomic E-state index is 12.0. The molecule has 3 nitrogen and oxygen atoms in total. The lowest BCUT2D eigenvalue weighted by molar-refractivity contribution is 0.0917. The molecule has 1 N–H and O–H groups in total. The zero-order chi connectivity index (χ0) is 13.2. The summed E-state index contributed by atoms with van der Waals surface area (Å²) < 4.78 is 0. The highest BCUT2D eigenvalue weighted by Gasteiger charge is 2.38. The second kappa shape index (κ2) is 5.33. The molecule has 102 valence electrons. The summed E-state index contributed by atoms with van der Waals surface area (Å²) in [6.07, 6.45) is 5.15. The van der Waals surface area contributed by atoms with E-state index in [0.717, 1.165) is 24.2 Å². The van der Waals surface area contributed by atoms with Crippen LogP contribution in [0.1, 0.15) is 36.0 Å². The van der Waals surface area contributed by atoms with Crippen LogP contribution in [0.4, 0.5) is 0 Å². The van der Waals surface area contributed by atoms with Gasteiger partial charge < -0.3 is 10.2 Å². The monoisotopic (exact) mass is 258 g/mol. The zero-order valence-electron chi connectivity index (χ0n) is 11.5. The molecule has 0 spiro atoms. The Morgan fingerprint density at radius 2 is 1.84 bits per heavy atom. The molecule has 0 aliphatic carbocycles. The maximum absolute atomic E-state index is 12.0. The minimum absolute atomic E-state index is 0.0619. The molecule has 0 aromatic heterocycles. The second-order valence-corrected chi connectivity index (χ2v) is 5.96. The topological polar surface area (TPSA) is 32.3 Å². The lowest BCUT2D eigenvalue weighted by atomic mass is 9.91. The summed E-state index contributed by atoms with van der Waals surface area (Å²) in [5.74, 6) is 0.716. The number of piperidine rings is 1. The molecule has 19 heavy (non-hydrogen) atoms. The van der Waals surface area contributed by atoms with Gasteiger partial charge in [-0.25, -0.2) is 0 Å². The van der Waals surface area contributed by atoms with Crippen LogP contribution in [-0.4, -0.2) is 36.5 Å². The lowest BCUT2D eigenvalue weighted by Crippen LogP contribution is -2.43. The van der Waals surface area contributed by atoms with Gasteiger partial charge in [0.2, 0.25) is 0 Å². The lowest BCUT2D eigenvalue weighted by Gasteiger charge is -2.36. The maximum Gasteiger partial charge on any atom is 0.251 e. The fourth-order valence-corrected chi connectivity index (χ4v) is 3.62. The highest BCUT2D eigenvalue weighted by molar-refractivity contribution is 5.94. The Bertz CT molecular complexity index is 431. The van der Waals surface area contributed by atoms with Crippen LogP contribution < -0.4 is 5.32 Å². The predicted octanol–water partition coefficient (Wildman–Crippen LogP) is 2.29. The molecule has 2 aliphatic heterocycles. The van der Waals surface area contributed by atoms with E-state index in [2.05, 4.69) is 17.3 Å². The average Bonchev–Trinajstić information content (AvgIpc) is 2.68. The molecule has 1 amide bonds. The van der Waals surface area contributed by atoms with Crippen LogP contribution in [0.2, 0.25) is 0 Å². The van der Waals surface area contributed by atoms with Crippen LogP contribution in [0, 0.1) is 5.92 Å². The first-order valence-corrected chi connectivity index (χ1v) is 7.29. The molecular formula is C16H22N2O. The summed E-state index contributed by atoms with van der Waals surface area (Å²) in [7, 11) is 2.25. The molecule has 2 unspecified atom stereocenters. The summed E-state index contributed by atoms with van der Waals surface area (Å²) >= 11 is 0. The fourth-order valence-electron chi connectivity index (χ4n) is 3.62. The normalized spacial score (nSPS) is 30.3. The van der Waals surface area contributed by atoms with Gasteiger partial charge in [0.15, 0.2) is 0 Å². The van der Waals surface area contributed by atoms with Gasteiger partial charge in [0.25, 0.3) is 5.91 Å². The SMILES string of the molecule is CN1C2CCC1CC(CNC(=O)c1ccccc1)C2. The minimum atomic E-state index is 0.0619. The van der Waals surface area contributed by atoms with Crippen LogP contribution >= 0.6 is 0 Å². The van der Waals surface area contributed by atoms with Gasteiger partial charge in [0.1, 0.15) is 0 Å². The Labute approximate surface area is 115 Å². The number of hydrogen-bond donors (Lipinski definition) is 1. The first-order valence-electron chi connectivity index (χ1n) is 7.29. The van der Waals surface area contributed by atoms with Gasteiger partial charge in [-0.05, 0) is 50.8 Å².